The van der Waals surface area contributed by atoms with E-state index in [1.54, 1.807) is 48.3 Å². The van der Waals surface area contributed by atoms with Crippen LogP contribution < -0.4 is 19.7 Å². The smallest absolute Gasteiger partial charge is 0.323 e. The van der Waals surface area contributed by atoms with Gasteiger partial charge in [-0.1, -0.05) is 45.0 Å². The maximum Gasteiger partial charge on any atom is 0.323 e. The first-order chi connectivity index (χ1) is 18.2. The maximum atomic E-state index is 14.3. The number of rotatable bonds is 5. The van der Waals surface area contributed by atoms with Crippen molar-refractivity contribution in [2.45, 2.75) is 37.6 Å². The predicted molar refractivity (Wildman–Crippen MR) is 152 cm³/mol. The molecule has 0 saturated carbocycles. The van der Waals surface area contributed by atoms with E-state index >= 15 is 0 Å². The molecule has 198 valence electrons. The van der Waals surface area contributed by atoms with E-state index < -0.39 is 4.87 Å². The fourth-order valence-corrected chi connectivity index (χ4v) is 6.49. The molecule has 2 aliphatic heterocycles. The number of anilines is 2. The topological polar surface area (TPSA) is 71.1 Å². The third-order valence-electron chi connectivity index (χ3n) is 7.15. The van der Waals surface area contributed by atoms with E-state index in [0.717, 1.165) is 16.8 Å². The largest absolute Gasteiger partial charge is 0.497 e. The van der Waals surface area contributed by atoms with Crippen LogP contribution in [0.15, 0.2) is 66.7 Å². The van der Waals surface area contributed by atoms with E-state index in [9.17, 15) is 9.59 Å². The fourth-order valence-electron chi connectivity index (χ4n) is 5.04. The molecule has 0 aliphatic carbocycles. The minimum absolute atomic E-state index is 0.0490. The van der Waals surface area contributed by atoms with Gasteiger partial charge in [0.15, 0.2) is 4.87 Å². The summed E-state index contributed by atoms with van der Waals surface area (Å²) in [5.74, 6) is 1.88. The second kappa shape index (κ2) is 9.91. The molecule has 1 spiro atoms. The lowest BCUT2D eigenvalue weighted by Gasteiger charge is -2.33. The zero-order chi connectivity index (χ0) is 27.1. The Balaban J connectivity index is 1.49. The molecular formula is C30H33N3O4S. The molecule has 3 amide bonds. The zero-order valence-corrected chi connectivity index (χ0v) is 23.2. The normalized spacial score (nSPS) is 18.6. The van der Waals surface area contributed by atoms with Gasteiger partial charge in [-0.3, -0.25) is 9.69 Å². The summed E-state index contributed by atoms with van der Waals surface area (Å²) in [5.41, 5.74) is 4.53. The van der Waals surface area contributed by atoms with Crippen LogP contribution in [0.3, 0.4) is 0 Å². The Bertz CT molecular complexity index is 1350. The highest BCUT2D eigenvalue weighted by Crippen LogP contribution is 2.55. The molecule has 2 aliphatic rings. The van der Waals surface area contributed by atoms with Gasteiger partial charge in [0.2, 0.25) is 0 Å². The first-order valence-electron chi connectivity index (χ1n) is 12.6. The number of nitrogens with zero attached hydrogens (tertiary/aromatic N) is 2. The number of ether oxygens (including phenoxy) is 2. The van der Waals surface area contributed by atoms with Crippen molar-refractivity contribution in [3.63, 3.8) is 0 Å². The predicted octanol–water partition coefficient (Wildman–Crippen LogP) is 5.98. The van der Waals surface area contributed by atoms with Crippen molar-refractivity contribution in [3.05, 3.63) is 83.4 Å². The van der Waals surface area contributed by atoms with Crippen LogP contribution in [-0.4, -0.2) is 43.4 Å². The third-order valence-corrected chi connectivity index (χ3v) is 8.57. The van der Waals surface area contributed by atoms with Crippen LogP contribution in [0.25, 0.3) is 0 Å². The molecule has 38 heavy (non-hydrogen) atoms. The van der Waals surface area contributed by atoms with Gasteiger partial charge in [-0.25, -0.2) is 4.79 Å². The van der Waals surface area contributed by atoms with Crippen LogP contribution in [0.4, 0.5) is 16.2 Å². The van der Waals surface area contributed by atoms with E-state index in [4.69, 9.17) is 9.47 Å². The minimum atomic E-state index is -1.16. The molecule has 2 heterocycles. The molecule has 0 aromatic heterocycles. The lowest BCUT2D eigenvalue weighted by Crippen LogP contribution is -2.51. The average Bonchev–Trinajstić information content (AvgIpc) is 3.46. The molecular weight excluding hydrogens is 498 g/mol. The molecule has 5 rings (SSSR count). The van der Waals surface area contributed by atoms with E-state index in [1.165, 1.54) is 17.3 Å². The van der Waals surface area contributed by atoms with Crippen LogP contribution in [-0.2, 0) is 21.6 Å². The summed E-state index contributed by atoms with van der Waals surface area (Å²) < 4.78 is 10.7. The average molecular weight is 532 g/mol. The van der Waals surface area contributed by atoms with E-state index in [2.05, 4.69) is 50.4 Å². The zero-order valence-electron chi connectivity index (χ0n) is 22.4. The summed E-state index contributed by atoms with van der Waals surface area (Å²) >= 11 is 1.49. The number of nitrogens with one attached hydrogen (secondary N) is 1. The molecule has 3 aromatic carbocycles. The Labute approximate surface area is 228 Å². The van der Waals surface area contributed by atoms with Gasteiger partial charge < -0.3 is 19.7 Å². The number of hydrogen-bond acceptors (Lipinski definition) is 5. The second-order valence-electron chi connectivity index (χ2n) is 10.5. The Morgan fingerprint density at radius 1 is 0.974 bits per heavy atom. The van der Waals surface area contributed by atoms with Crippen molar-refractivity contribution in [2.75, 3.05) is 36.7 Å². The number of amides is 3. The van der Waals surface area contributed by atoms with Crippen molar-refractivity contribution >= 4 is 35.1 Å². The molecule has 0 radical (unpaired) electrons. The number of carbonyl (C=O) groups is 2. The first-order valence-corrected chi connectivity index (χ1v) is 13.6. The van der Waals surface area contributed by atoms with Crippen molar-refractivity contribution in [2.24, 2.45) is 0 Å². The van der Waals surface area contributed by atoms with Gasteiger partial charge in [-0.05, 0) is 59.0 Å². The lowest BCUT2D eigenvalue weighted by molar-refractivity contribution is -0.123. The summed E-state index contributed by atoms with van der Waals surface area (Å²) in [5, 5.41) is 2.97. The standard InChI is InChI=1S/C30H33N3O4S/c1-29(2,3)21-8-6-20(7-9-21)19-32-26-15-14-24(37-5)18-25(26)30(27(32)34)33(16-17-38-30)28(35)31-22-10-12-23(36-4)13-11-22/h6-15,18H,16-17,19H2,1-5H3,(H,31,35). The number of carbonyl (C=O) groups excluding carboxylic acids is 2. The summed E-state index contributed by atoms with van der Waals surface area (Å²) in [6.07, 6.45) is 0. The van der Waals surface area contributed by atoms with Gasteiger partial charge in [0.05, 0.1) is 26.5 Å². The van der Waals surface area contributed by atoms with Gasteiger partial charge >= 0.3 is 6.03 Å². The van der Waals surface area contributed by atoms with E-state index in [-0.39, 0.29) is 17.4 Å². The highest BCUT2D eigenvalue weighted by molar-refractivity contribution is 8.01. The molecule has 1 saturated heterocycles. The summed E-state index contributed by atoms with van der Waals surface area (Å²) in [7, 11) is 3.20. The van der Waals surface area contributed by atoms with Gasteiger partial charge in [-0.15, -0.1) is 11.8 Å². The summed E-state index contributed by atoms with van der Waals surface area (Å²) in [6.45, 7) is 7.41. The number of methoxy groups -OCH3 is 2. The Kier molecular flexibility index (Phi) is 6.77. The molecule has 1 atom stereocenters. The van der Waals surface area contributed by atoms with Crippen molar-refractivity contribution in [1.82, 2.24) is 4.90 Å². The Morgan fingerprint density at radius 2 is 1.63 bits per heavy atom. The number of fused-ring (bicyclic) bond motifs is 2. The molecule has 0 bridgehead atoms. The van der Waals surface area contributed by atoms with E-state index in [1.807, 2.05) is 18.2 Å². The highest BCUT2D eigenvalue weighted by atomic mass is 32.2. The molecule has 3 aromatic rings. The lowest BCUT2D eigenvalue weighted by atomic mass is 9.87. The highest BCUT2D eigenvalue weighted by Gasteiger charge is 2.59. The molecule has 7 nitrogen and oxygen atoms in total. The molecule has 8 heteroatoms. The number of urea groups is 1. The van der Waals surface area contributed by atoms with E-state index in [0.29, 0.717) is 36.0 Å². The Morgan fingerprint density at radius 3 is 2.26 bits per heavy atom. The van der Waals surface area contributed by atoms with Crippen LogP contribution in [0.2, 0.25) is 0 Å². The first kappa shape index (κ1) is 26.0. The van der Waals surface area contributed by atoms with Gasteiger partial charge in [-0.2, -0.15) is 0 Å². The van der Waals surface area contributed by atoms with Crippen LogP contribution in [0, 0.1) is 0 Å². The molecule has 1 unspecified atom stereocenters. The van der Waals surface area contributed by atoms with Crippen LogP contribution in [0.5, 0.6) is 11.5 Å². The SMILES string of the molecule is COc1ccc(NC(=O)N2CCSC23C(=O)N(Cc2ccc(C(C)(C)C)cc2)c2ccc(OC)cc23)cc1. The number of hydrogen-bond donors (Lipinski definition) is 1. The third kappa shape index (κ3) is 4.47. The minimum Gasteiger partial charge on any atom is -0.497 e. The van der Waals surface area contributed by atoms with Gasteiger partial charge in [0.1, 0.15) is 11.5 Å². The fraction of sp³-hybridized carbons (Fsp3) is 0.333. The molecule has 1 N–H and O–H groups in total. The second-order valence-corrected chi connectivity index (χ2v) is 11.8. The Hall–Kier alpha value is -3.65. The van der Waals surface area contributed by atoms with Crippen molar-refractivity contribution in [1.29, 1.82) is 0 Å². The number of benzene rings is 3. The van der Waals surface area contributed by atoms with Crippen LogP contribution >= 0.6 is 11.8 Å². The van der Waals surface area contributed by atoms with Gasteiger partial charge in [0, 0.05) is 23.5 Å². The monoisotopic (exact) mass is 531 g/mol. The van der Waals surface area contributed by atoms with Crippen LogP contribution in [0.1, 0.15) is 37.5 Å². The molecule has 1 fully saturated rings. The van der Waals surface area contributed by atoms with Crippen molar-refractivity contribution in [3.8, 4) is 11.5 Å². The summed E-state index contributed by atoms with van der Waals surface area (Å²) in [6, 6.07) is 20.9. The maximum absolute atomic E-state index is 14.3. The summed E-state index contributed by atoms with van der Waals surface area (Å²) in [4.78, 5) is 30.2. The number of thioether (sulfide) groups is 1. The van der Waals surface area contributed by atoms with Crippen molar-refractivity contribution < 1.29 is 19.1 Å². The quantitative estimate of drug-likeness (QED) is 0.439. The van der Waals surface area contributed by atoms with Gasteiger partial charge in [0.25, 0.3) is 5.91 Å².